The Labute approximate surface area is 63.8 Å². The molecule has 0 saturated carbocycles. The first kappa shape index (κ1) is 10.3. The van der Waals surface area contributed by atoms with Crippen molar-refractivity contribution >= 4 is 16.4 Å². The largest absolute Gasteiger partial charge is 0.550 e. The van der Waals surface area contributed by atoms with E-state index in [2.05, 4.69) is 0 Å². The molecular weight excluding hydrogens is 177 g/mol. The predicted molar refractivity (Wildman–Crippen MR) is 32.3 cm³/mol. The third kappa shape index (κ3) is 4.68. The molecule has 0 aliphatic carbocycles. The minimum absolute atomic E-state index is 0.294. The van der Waals surface area contributed by atoms with Gasteiger partial charge < -0.3 is 9.90 Å². The molecule has 0 rings (SSSR count). The van der Waals surface area contributed by atoms with E-state index in [1.165, 1.54) is 0 Å². The molecule has 0 aliphatic rings. The van der Waals surface area contributed by atoms with Gasteiger partial charge in [-0.3, -0.25) is 0 Å². The van der Waals surface area contributed by atoms with Crippen LogP contribution in [0.5, 0.6) is 0 Å². The third-order valence-corrected chi connectivity index (χ3v) is 1.93. The predicted octanol–water partition coefficient (Wildman–Crippen LogP) is -1.73. The highest BCUT2D eigenvalue weighted by molar-refractivity contribution is 7.83. The number of halogens is 1. The van der Waals surface area contributed by atoms with Crippen molar-refractivity contribution in [2.24, 2.45) is 0 Å². The molecule has 0 amide bonds. The lowest BCUT2D eigenvalue weighted by Crippen LogP contribution is -2.30. The van der Waals surface area contributed by atoms with Gasteiger partial charge in [-0.1, -0.05) is 3.89 Å². The fraction of sp³-hybridized carbons (Fsp3) is 0.750. The zero-order valence-electron chi connectivity index (χ0n) is 5.78. The van der Waals surface area contributed by atoms with Gasteiger partial charge in [0.1, 0.15) is 0 Å². The monoisotopic (exact) mass is 184 g/mol. The van der Waals surface area contributed by atoms with Gasteiger partial charge in [0.2, 0.25) is 0 Å². The fourth-order valence-electron chi connectivity index (χ4n) is 0.358. The molecule has 0 bridgehead atoms. The van der Waals surface area contributed by atoms with Gasteiger partial charge in [-0.05, 0) is 0 Å². The van der Waals surface area contributed by atoms with E-state index in [-0.39, 0.29) is 0 Å². The fourth-order valence-corrected chi connectivity index (χ4v) is 0.667. The summed E-state index contributed by atoms with van der Waals surface area (Å²) >= 11 is 0. The van der Waals surface area contributed by atoms with Crippen molar-refractivity contribution in [1.29, 1.82) is 0 Å². The number of aliphatic carboxylic acids is 1. The maximum Gasteiger partial charge on any atom is 0.374 e. The summed E-state index contributed by atoms with van der Waals surface area (Å²) in [7, 11) is -3.81. The summed E-state index contributed by atoms with van der Waals surface area (Å²) in [5, 5.41) is 9.78. The van der Waals surface area contributed by atoms with Gasteiger partial charge in [0, 0.05) is 26.0 Å². The van der Waals surface area contributed by atoms with E-state index in [0.717, 1.165) is 7.05 Å². The number of hydrogen-bond donors (Lipinski definition) is 0. The molecule has 0 N–H and O–H groups in total. The molecule has 0 aromatic heterocycles. The zero-order valence-corrected chi connectivity index (χ0v) is 6.60. The summed E-state index contributed by atoms with van der Waals surface area (Å²) in [6, 6.07) is 0. The Morgan fingerprint density at radius 1 is 1.64 bits per heavy atom. The van der Waals surface area contributed by atoms with Crippen LogP contribution in [0.4, 0.5) is 3.89 Å². The Morgan fingerprint density at radius 2 is 2.09 bits per heavy atom. The highest BCUT2D eigenvalue weighted by Gasteiger charge is 2.14. The second-order valence-electron chi connectivity index (χ2n) is 1.89. The lowest BCUT2D eigenvalue weighted by Gasteiger charge is -2.10. The molecule has 0 radical (unpaired) electrons. The average Bonchev–Trinajstić information content (AvgIpc) is 1.80. The molecule has 0 unspecified atom stereocenters. The summed E-state index contributed by atoms with van der Waals surface area (Å²) in [4.78, 5) is 9.78. The van der Waals surface area contributed by atoms with Crippen LogP contribution in [0.1, 0.15) is 6.42 Å². The van der Waals surface area contributed by atoms with Crippen molar-refractivity contribution in [3.05, 3.63) is 0 Å². The van der Waals surface area contributed by atoms with Crippen LogP contribution in [-0.2, 0) is 15.2 Å². The Bertz CT molecular complexity index is 236. The average molecular weight is 184 g/mol. The van der Waals surface area contributed by atoms with E-state index in [0.29, 0.717) is 4.31 Å². The Kier molecular flexibility index (Phi) is 3.40. The third-order valence-electron chi connectivity index (χ3n) is 1.00. The molecule has 7 heteroatoms. The quantitative estimate of drug-likeness (QED) is 0.486. The van der Waals surface area contributed by atoms with Gasteiger partial charge in [-0.15, -0.1) is 0 Å². The number of carbonyl (C=O) groups is 1. The van der Waals surface area contributed by atoms with Gasteiger partial charge >= 0.3 is 10.4 Å². The lowest BCUT2D eigenvalue weighted by atomic mass is 10.4. The molecule has 66 valence electrons. The SMILES string of the molecule is CN(CCC(=O)[O-])S(=O)(=O)F. The minimum atomic E-state index is -4.76. The number of carboxylic acids is 1. The molecule has 0 aromatic rings. The second kappa shape index (κ2) is 3.63. The summed E-state index contributed by atoms with van der Waals surface area (Å²) in [5.74, 6) is -1.42. The van der Waals surface area contributed by atoms with E-state index < -0.39 is 29.3 Å². The summed E-state index contributed by atoms with van der Waals surface area (Å²) in [6.45, 7) is -0.416. The number of nitrogens with zero attached hydrogens (tertiary/aromatic N) is 1. The van der Waals surface area contributed by atoms with Crippen LogP contribution in [0.2, 0.25) is 0 Å². The molecule has 0 fully saturated rings. The van der Waals surface area contributed by atoms with E-state index in [1.807, 2.05) is 0 Å². The van der Waals surface area contributed by atoms with Crippen molar-refractivity contribution < 1.29 is 22.2 Å². The molecule has 0 saturated heterocycles. The highest BCUT2D eigenvalue weighted by atomic mass is 32.3. The number of carboxylic acid groups (broad SMARTS) is 1. The van der Waals surface area contributed by atoms with Gasteiger partial charge in [0.25, 0.3) is 0 Å². The number of carbonyl (C=O) groups excluding carboxylic acids is 1. The van der Waals surface area contributed by atoms with Crippen LogP contribution in [-0.4, -0.2) is 32.3 Å². The first-order chi connectivity index (χ1) is 4.84. The van der Waals surface area contributed by atoms with E-state index in [4.69, 9.17) is 0 Å². The Balaban J connectivity index is 3.90. The molecule has 0 aliphatic heterocycles. The highest BCUT2D eigenvalue weighted by Crippen LogP contribution is 1.98. The maximum atomic E-state index is 11.9. The Hall–Kier alpha value is -0.690. The second-order valence-corrected chi connectivity index (χ2v) is 3.33. The maximum absolute atomic E-state index is 11.9. The zero-order chi connectivity index (χ0) is 9.07. The van der Waals surface area contributed by atoms with Crippen molar-refractivity contribution in [3.63, 3.8) is 0 Å². The molecule has 0 aromatic carbocycles. The molecular formula is C4H7FNO4S-. The Morgan fingerprint density at radius 3 is 2.36 bits per heavy atom. The van der Waals surface area contributed by atoms with E-state index in [9.17, 15) is 22.2 Å². The summed E-state index contributed by atoms with van der Waals surface area (Å²) in [6.07, 6.45) is -0.514. The van der Waals surface area contributed by atoms with E-state index >= 15 is 0 Å². The van der Waals surface area contributed by atoms with Crippen LogP contribution in [0.15, 0.2) is 0 Å². The van der Waals surface area contributed by atoms with E-state index in [1.54, 1.807) is 0 Å². The first-order valence-corrected chi connectivity index (χ1v) is 4.04. The molecule has 11 heavy (non-hydrogen) atoms. The minimum Gasteiger partial charge on any atom is -0.550 e. The lowest BCUT2D eigenvalue weighted by molar-refractivity contribution is -0.305. The van der Waals surface area contributed by atoms with Crippen molar-refractivity contribution in [3.8, 4) is 0 Å². The smallest absolute Gasteiger partial charge is 0.374 e. The molecule has 0 atom stereocenters. The van der Waals surface area contributed by atoms with Crippen molar-refractivity contribution in [2.75, 3.05) is 13.6 Å². The van der Waals surface area contributed by atoms with Crippen LogP contribution in [0.25, 0.3) is 0 Å². The summed E-state index contributed by atoms with van der Waals surface area (Å²) < 4.78 is 32.2. The van der Waals surface area contributed by atoms with Crippen LogP contribution in [0.3, 0.4) is 0 Å². The van der Waals surface area contributed by atoms with Crippen LogP contribution in [0, 0.1) is 0 Å². The normalized spacial score (nSPS) is 11.9. The van der Waals surface area contributed by atoms with Crippen molar-refractivity contribution in [1.82, 2.24) is 4.31 Å². The van der Waals surface area contributed by atoms with Gasteiger partial charge in [0.05, 0.1) is 0 Å². The molecule has 0 heterocycles. The van der Waals surface area contributed by atoms with Crippen molar-refractivity contribution in [2.45, 2.75) is 6.42 Å². The molecule has 5 nitrogen and oxygen atoms in total. The number of hydrogen-bond acceptors (Lipinski definition) is 4. The standard InChI is InChI=1S/C4H8FNO4S/c1-6(11(5,9)10)3-2-4(7)8/h2-3H2,1H3,(H,7,8)/p-1. The molecule has 0 spiro atoms. The summed E-state index contributed by atoms with van der Waals surface area (Å²) in [5.41, 5.74) is 0. The first-order valence-electron chi connectivity index (χ1n) is 2.70. The van der Waals surface area contributed by atoms with Gasteiger partial charge in [-0.2, -0.15) is 12.7 Å². The van der Waals surface area contributed by atoms with Gasteiger partial charge in [0.15, 0.2) is 0 Å². The number of rotatable bonds is 4. The van der Waals surface area contributed by atoms with Gasteiger partial charge in [-0.25, -0.2) is 0 Å². The van der Waals surface area contributed by atoms with Crippen LogP contribution < -0.4 is 5.11 Å². The topological polar surface area (TPSA) is 77.5 Å². The van der Waals surface area contributed by atoms with Crippen LogP contribution >= 0.6 is 0 Å².